The van der Waals surface area contributed by atoms with Crippen molar-refractivity contribution in [3.05, 3.63) is 0 Å². The average molecular weight is 212 g/mol. The number of nitrogens with zero attached hydrogens (tertiary/aromatic N) is 1. The Hall–Kier alpha value is -1.12. The molecule has 0 bridgehead atoms. The molecular weight excluding hydrogens is 196 g/mol. The SMILES string of the molecule is CC(CO)NC(=O)C1(C#N)CCOCC1. The number of rotatable bonds is 3. The molecule has 0 radical (unpaired) electrons. The molecular formula is C10H16N2O3. The molecule has 1 atom stereocenters. The first-order valence-corrected chi connectivity index (χ1v) is 5.05. The lowest BCUT2D eigenvalue weighted by Gasteiger charge is -2.30. The van der Waals surface area contributed by atoms with Crippen LogP contribution in [0.15, 0.2) is 0 Å². The number of carbonyl (C=O) groups is 1. The van der Waals surface area contributed by atoms with E-state index in [1.807, 2.05) is 0 Å². The standard InChI is InChI=1S/C10H16N2O3/c1-8(6-13)12-9(14)10(7-11)2-4-15-5-3-10/h8,13H,2-6H2,1H3,(H,12,14). The van der Waals surface area contributed by atoms with Gasteiger partial charge >= 0.3 is 0 Å². The van der Waals surface area contributed by atoms with Crippen LogP contribution in [0, 0.1) is 16.7 Å². The summed E-state index contributed by atoms with van der Waals surface area (Å²) in [5.74, 6) is -0.296. The van der Waals surface area contributed by atoms with Gasteiger partial charge < -0.3 is 15.2 Å². The number of aliphatic hydroxyl groups excluding tert-OH is 1. The van der Waals surface area contributed by atoms with Crippen LogP contribution in [-0.4, -0.2) is 36.9 Å². The van der Waals surface area contributed by atoms with Gasteiger partial charge in [0.1, 0.15) is 5.41 Å². The van der Waals surface area contributed by atoms with E-state index in [1.54, 1.807) is 6.92 Å². The fraction of sp³-hybridized carbons (Fsp3) is 0.800. The highest BCUT2D eigenvalue weighted by Gasteiger charge is 2.40. The highest BCUT2D eigenvalue weighted by molar-refractivity contribution is 5.85. The van der Waals surface area contributed by atoms with Crippen molar-refractivity contribution in [2.75, 3.05) is 19.8 Å². The van der Waals surface area contributed by atoms with Gasteiger partial charge in [-0.1, -0.05) is 0 Å². The first-order valence-electron chi connectivity index (χ1n) is 5.05. The summed E-state index contributed by atoms with van der Waals surface area (Å²) in [6.45, 7) is 2.45. The molecule has 1 rings (SSSR count). The molecule has 1 fully saturated rings. The second kappa shape index (κ2) is 5.10. The lowest BCUT2D eigenvalue weighted by molar-refractivity contribution is -0.133. The Morgan fingerprint density at radius 1 is 1.67 bits per heavy atom. The van der Waals surface area contributed by atoms with Gasteiger partial charge in [-0.05, 0) is 19.8 Å². The molecule has 0 aliphatic carbocycles. The Bertz CT molecular complexity index is 266. The van der Waals surface area contributed by atoms with Gasteiger partial charge in [0.15, 0.2) is 0 Å². The van der Waals surface area contributed by atoms with Crippen molar-refractivity contribution in [2.45, 2.75) is 25.8 Å². The highest BCUT2D eigenvalue weighted by atomic mass is 16.5. The summed E-state index contributed by atoms with van der Waals surface area (Å²) >= 11 is 0. The number of nitriles is 1. The molecule has 1 unspecified atom stereocenters. The first-order chi connectivity index (χ1) is 7.14. The predicted octanol–water partition coefficient (Wildman–Crippen LogP) is -0.196. The molecule has 15 heavy (non-hydrogen) atoms. The fourth-order valence-electron chi connectivity index (χ4n) is 1.52. The van der Waals surface area contributed by atoms with Gasteiger partial charge in [0.05, 0.1) is 12.7 Å². The van der Waals surface area contributed by atoms with Crippen LogP contribution >= 0.6 is 0 Å². The lowest BCUT2D eigenvalue weighted by Crippen LogP contribution is -2.47. The maximum absolute atomic E-state index is 11.8. The van der Waals surface area contributed by atoms with Crippen molar-refractivity contribution in [3.8, 4) is 6.07 Å². The second-order valence-corrected chi connectivity index (χ2v) is 3.86. The Labute approximate surface area is 89.0 Å². The van der Waals surface area contributed by atoms with Crippen LogP contribution in [0.4, 0.5) is 0 Å². The first kappa shape index (κ1) is 12.0. The monoisotopic (exact) mass is 212 g/mol. The zero-order valence-corrected chi connectivity index (χ0v) is 8.82. The number of nitrogens with one attached hydrogen (secondary N) is 1. The van der Waals surface area contributed by atoms with Crippen LogP contribution in [-0.2, 0) is 9.53 Å². The fourth-order valence-corrected chi connectivity index (χ4v) is 1.52. The van der Waals surface area contributed by atoms with E-state index in [-0.39, 0.29) is 18.6 Å². The average Bonchev–Trinajstić information content (AvgIpc) is 2.29. The Morgan fingerprint density at radius 3 is 2.73 bits per heavy atom. The molecule has 0 spiro atoms. The van der Waals surface area contributed by atoms with Gasteiger partial charge in [-0.25, -0.2) is 0 Å². The van der Waals surface area contributed by atoms with E-state index in [0.717, 1.165) is 0 Å². The van der Waals surface area contributed by atoms with E-state index >= 15 is 0 Å². The minimum atomic E-state index is -0.971. The number of amides is 1. The van der Waals surface area contributed by atoms with Crippen LogP contribution in [0.3, 0.4) is 0 Å². The van der Waals surface area contributed by atoms with E-state index < -0.39 is 5.41 Å². The molecule has 1 heterocycles. The molecule has 5 nitrogen and oxygen atoms in total. The number of hydrogen-bond acceptors (Lipinski definition) is 4. The number of hydrogen-bond donors (Lipinski definition) is 2. The summed E-state index contributed by atoms with van der Waals surface area (Å²) in [5, 5.41) is 20.5. The van der Waals surface area contributed by atoms with Crippen molar-refractivity contribution in [2.24, 2.45) is 5.41 Å². The summed E-state index contributed by atoms with van der Waals surface area (Å²) in [5.41, 5.74) is -0.971. The zero-order chi connectivity index (χ0) is 11.3. The molecule has 0 aromatic carbocycles. The third kappa shape index (κ3) is 2.67. The van der Waals surface area contributed by atoms with E-state index in [0.29, 0.717) is 26.1 Å². The predicted molar refractivity (Wildman–Crippen MR) is 52.8 cm³/mol. The van der Waals surface area contributed by atoms with Gasteiger partial charge in [-0.3, -0.25) is 4.79 Å². The van der Waals surface area contributed by atoms with Crippen molar-refractivity contribution in [1.29, 1.82) is 5.26 Å². The van der Waals surface area contributed by atoms with Crippen LogP contribution in [0.25, 0.3) is 0 Å². The van der Waals surface area contributed by atoms with Crippen molar-refractivity contribution < 1.29 is 14.6 Å². The largest absolute Gasteiger partial charge is 0.394 e. The van der Waals surface area contributed by atoms with E-state index in [1.165, 1.54) is 0 Å². The smallest absolute Gasteiger partial charge is 0.240 e. The molecule has 1 aliphatic heterocycles. The van der Waals surface area contributed by atoms with Gasteiger partial charge in [-0.2, -0.15) is 5.26 Å². The van der Waals surface area contributed by atoms with Crippen LogP contribution in [0.5, 0.6) is 0 Å². The quantitative estimate of drug-likeness (QED) is 0.679. The molecule has 0 aromatic heterocycles. The van der Waals surface area contributed by atoms with Gasteiger partial charge in [0.2, 0.25) is 5.91 Å². The minimum Gasteiger partial charge on any atom is -0.394 e. The summed E-state index contributed by atoms with van der Waals surface area (Å²) in [6.07, 6.45) is 0.848. The number of ether oxygens (including phenoxy) is 1. The maximum Gasteiger partial charge on any atom is 0.240 e. The molecule has 1 aliphatic rings. The Morgan fingerprint density at radius 2 is 2.27 bits per heavy atom. The number of aliphatic hydroxyl groups is 1. The van der Waals surface area contributed by atoms with E-state index in [4.69, 9.17) is 15.1 Å². The molecule has 84 valence electrons. The van der Waals surface area contributed by atoms with Crippen molar-refractivity contribution in [1.82, 2.24) is 5.32 Å². The molecule has 0 aromatic rings. The summed E-state index contributed by atoms with van der Waals surface area (Å²) in [6, 6.07) is 1.76. The van der Waals surface area contributed by atoms with Gasteiger partial charge in [0, 0.05) is 19.3 Å². The van der Waals surface area contributed by atoms with E-state index in [9.17, 15) is 4.79 Å². The van der Waals surface area contributed by atoms with Crippen molar-refractivity contribution in [3.63, 3.8) is 0 Å². The highest BCUT2D eigenvalue weighted by Crippen LogP contribution is 2.29. The Kier molecular flexibility index (Phi) is 4.06. The molecule has 5 heteroatoms. The second-order valence-electron chi connectivity index (χ2n) is 3.86. The topological polar surface area (TPSA) is 82.4 Å². The lowest BCUT2D eigenvalue weighted by atomic mass is 9.80. The van der Waals surface area contributed by atoms with Gasteiger partial charge in [0.25, 0.3) is 0 Å². The summed E-state index contributed by atoms with van der Waals surface area (Å²) < 4.78 is 5.13. The van der Waals surface area contributed by atoms with Crippen LogP contribution in [0.1, 0.15) is 19.8 Å². The Balaban J connectivity index is 2.65. The molecule has 1 amide bonds. The summed E-state index contributed by atoms with van der Waals surface area (Å²) in [4.78, 5) is 11.8. The molecule has 2 N–H and O–H groups in total. The summed E-state index contributed by atoms with van der Waals surface area (Å²) in [7, 11) is 0. The molecule has 1 saturated heterocycles. The maximum atomic E-state index is 11.8. The number of carbonyl (C=O) groups excluding carboxylic acids is 1. The third-order valence-corrected chi connectivity index (χ3v) is 2.65. The van der Waals surface area contributed by atoms with Crippen LogP contribution < -0.4 is 5.32 Å². The zero-order valence-electron chi connectivity index (χ0n) is 8.82. The van der Waals surface area contributed by atoms with E-state index in [2.05, 4.69) is 11.4 Å². The third-order valence-electron chi connectivity index (χ3n) is 2.65. The van der Waals surface area contributed by atoms with Crippen LogP contribution in [0.2, 0.25) is 0 Å². The van der Waals surface area contributed by atoms with Gasteiger partial charge in [-0.15, -0.1) is 0 Å². The normalized spacial score (nSPS) is 21.4. The minimum absolute atomic E-state index is 0.121. The van der Waals surface area contributed by atoms with Crippen molar-refractivity contribution >= 4 is 5.91 Å². The molecule has 0 saturated carbocycles.